The molecular weight excluding hydrogens is 378 g/mol. The Kier molecular flexibility index (Phi) is 5.82. The van der Waals surface area contributed by atoms with E-state index in [1.807, 2.05) is 0 Å². The quantitative estimate of drug-likeness (QED) is 0.420. The molecule has 29 heavy (non-hydrogen) atoms. The molecule has 8 heteroatoms. The van der Waals surface area contributed by atoms with Crippen LogP contribution in [0.4, 0.5) is 0 Å². The number of carbonyl (C=O) groups excluding carboxylic acids is 2. The van der Waals surface area contributed by atoms with Gasteiger partial charge in [0, 0.05) is 12.5 Å². The van der Waals surface area contributed by atoms with Crippen molar-refractivity contribution in [2.45, 2.75) is 6.92 Å². The van der Waals surface area contributed by atoms with E-state index in [1.165, 1.54) is 34.3 Å². The van der Waals surface area contributed by atoms with E-state index in [2.05, 4.69) is 4.99 Å². The lowest BCUT2D eigenvalue weighted by molar-refractivity contribution is -0.132. The largest absolute Gasteiger partial charge is 0.493 e. The molecule has 2 aromatic rings. The summed E-state index contributed by atoms with van der Waals surface area (Å²) in [6, 6.07) is 9.98. The van der Waals surface area contributed by atoms with Gasteiger partial charge in [0.15, 0.2) is 28.7 Å². The van der Waals surface area contributed by atoms with E-state index in [4.69, 9.17) is 23.7 Å². The molecule has 0 saturated carbocycles. The number of hydrogen-bond acceptors (Lipinski definition) is 8. The second-order valence-electron chi connectivity index (χ2n) is 5.91. The van der Waals surface area contributed by atoms with Crippen molar-refractivity contribution in [3.05, 3.63) is 53.2 Å². The van der Waals surface area contributed by atoms with Crippen molar-refractivity contribution >= 4 is 23.9 Å². The van der Waals surface area contributed by atoms with Crippen molar-refractivity contribution in [1.29, 1.82) is 0 Å². The Balaban J connectivity index is 1.94. The summed E-state index contributed by atoms with van der Waals surface area (Å²) in [7, 11) is 4.51. The third-order valence-electron chi connectivity index (χ3n) is 4.00. The van der Waals surface area contributed by atoms with Crippen LogP contribution in [0.2, 0.25) is 0 Å². The molecule has 1 heterocycles. The van der Waals surface area contributed by atoms with Crippen molar-refractivity contribution in [2.24, 2.45) is 4.99 Å². The van der Waals surface area contributed by atoms with Crippen LogP contribution in [-0.4, -0.2) is 39.2 Å². The number of nitrogens with zero attached hydrogens (tertiary/aromatic N) is 1. The van der Waals surface area contributed by atoms with Crippen LogP contribution in [0.15, 0.2) is 47.1 Å². The molecule has 3 rings (SSSR count). The Bertz CT molecular complexity index is 1020. The summed E-state index contributed by atoms with van der Waals surface area (Å²) in [5.41, 5.74) is 1.26. The third kappa shape index (κ3) is 4.37. The first-order valence-electron chi connectivity index (χ1n) is 8.56. The lowest BCUT2D eigenvalue weighted by atomic mass is 10.1. The maximum Gasteiger partial charge on any atom is 0.363 e. The van der Waals surface area contributed by atoms with Crippen LogP contribution < -0.4 is 18.9 Å². The van der Waals surface area contributed by atoms with Gasteiger partial charge in [-0.05, 0) is 42.0 Å². The van der Waals surface area contributed by atoms with E-state index in [0.29, 0.717) is 28.4 Å². The fourth-order valence-electron chi connectivity index (χ4n) is 2.68. The van der Waals surface area contributed by atoms with Crippen LogP contribution in [0.3, 0.4) is 0 Å². The van der Waals surface area contributed by atoms with Gasteiger partial charge in [-0.1, -0.05) is 6.07 Å². The Hall–Kier alpha value is -3.81. The topological polar surface area (TPSA) is 92.7 Å². The summed E-state index contributed by atoms with van der Waals surface area (Å²) in [5.74, 6) is 0.740. The van der Waals surface area contributed by atoms with Crippen molar-refractivity contribution in [2.75, 3.05) is 21.3 Å². The molecule has 0 radical (unpaired) electrons. The molecule has 0 saturated heterocycles. The molecule has 0 aliphatic carbocycles. The fourth-order valence-corrected chi connectivity index (χ4v) is 2.68. The first-order chi connectivity index (χ1) is 13.9. The molecule has 2 aromatic carbocycles. The van der Waals surface area contributed by atoms with E-state index >= 15 is 0 Å². The maximum atomic E-state index is 12.3. The minimum Gasteiger partial charge on any atom is -0.493 e. The van der Waals surface area contributed by atoms with Gasteiger partial charge in [0.25, 0.3) is 0 Å². The maximum absolute atomic E-state index is 12.3. The van der Waals surface area contributed by atoms with E-state index in [0.717, 1.165) is 0 Å². The minimum atomic E-state index is -0.598. The second kappa shape index (κ2) is 8.47. The number of methoxy groups -OCH3 is 3. The Labute approximate surface area is 167 Å². The van der Waals surface area contributed by atoms with E-state index in [1.54, 1.807) is 36.4 Å². The van der Waals surface area contributed by atoms with Crippen LogP contribution in [0.1, 0.15) is 18.1 Å². The van der Waals surface area contributed by atoms with Gasteiger partial charge < -0.3 is 23.7 Å². The smallest absolute Gasteiger partial charge is 0.363 e. The number of hydrogen-bond donors (Lipinski definition) is 0. The standard InChI is InChI=1S/C21H19NO7/c1-12(23)28-19-10-13(5-7-17(19)26-3)9-15-21(24)29-20(22-15)14-6-8-16(25-2)18(11-14)27-4/h5-11H,1-4H3. The molecular formula is C21H19NO7. The lowest BCUT2D eigenvalue weighted by Gasteiger charge is -2.08. The zero-order valence-corrected chi connectivity index (χ0v) is 16.3. The Morgan fingerprint density at radius 2 is 1.59 bits per heavy atom. The summed E-state index contributed by atoms with van der Waals surface area (Å²) in [5, 5.41) is 0. The highest BCUT2D eigenvalue weighted by molar-refractivity contribution is 6.13. The molecule has 1 aliphatic rings. The minimum absolute atomic E-state index is 0.105. The van der Waals surface area contributed by atoms with Crippen LogP contribution in [-0.2, 0) is 14.3 Å². The zero-order chi connectivity index (χ0) is 21.0. The van der Waals surface area contributed by atoms with Crippen LogP contribution >= 0.6 is 0 Å². The normalized spacial score (nSPS) is 14.3. The number of aliphatic imine (C=N–C) groups is 1. The van der Waals surface area contributed by atoms with Crippen molar-refractivity contribution < 1.29 is 33.3 Å². The zero-order valence-electron chi connectivity index (χ0n) is 16.3. The molecule has 0 amide bonds. The molecule has 0 bridgehead atoms. The molecule has 8 nitrogen and oxygen atoms in total. The molecule has 0 N–H and O–H groups in total. The van der Waals surface area contributed by atoms with Gasteiger partial charge in [0.2, 0.25) is 5.90 Å². The Morgan fingerprint density at radius 3 is 2.24 bits per heavy atom. The first-order valence-corrected chi connectivity index (χ1v) is 8.56. The lowest BCUT2D eigenvalue weighted by Crippen LogP contribution is -2.06. The predicted molar refractivity (Wildman–Crippen MR) is 104 cm³/mol. The Morgan fingerprint density at radius 1 is 0.931 bits per heavy atom. The van der Waals surface area contributed by atoms with Crippen molar-refractivity contribution in [3.8, 4) is 23.0 Å². The third-order valence-corrected chi connectivity index (χ3v) is 4.00. The van der Waals surface area contributed by atoms with E-state index < -0.39 is 11.9 Å². The number of carbonyl (C=O) groups is 2. The summed E-state index contributed by atoms with van der Waals surface area (Å²) in [6.07, 6.45) is 1.53. The number of ether oxygens (including phenoxy) is 5. The first kappa shape index (κ1) is 19.9. The molecule has 0 atom stereocenters. The molecule has 0 aromatic heterocycles. The number of benzene rings is 2. The molecule has 150 valence electrons. The van der Waals surface area contributed by atoms with Gasteiger partial charge in [-0.2, -0.15) is 0 Å². The van der Waals surface area contributed by atoms with Gasteiger partial charge in [-0.25, -0.2) is 9.79 Å². The van der Waals surface area contributed by atoms with Crippen molar-refractivity contribution in [3.63, 3.8) is 0 Å². The molecule has 0 fully saturated rings. The van der Waals surface area contributed by atoms with E-state index in [9.17, 15) is 9.59 Å². The summed E-state index contributed by atoms with van der Waals surface area (Å²) >= 11 is 0. The predicted octanol–water partition coefficient (Wildman–Crippen LogP) is 2.98. The highest BCUT2D eigenvalue weighted by Gasteiger charge is 2.25. The van der Waals surface area contributed by atoms with Crippen LogP contribution in [0.5, 0.6) is 23.0 Å². The summed E-state index contributed by atoms with van der Waals surface area (Å²) < 4.78 is 26.1. The van der Waals surface area contributed by atoms with Crippen LogP contribution in [0, 0.1) is 0 Å². The number of esters is 2. The van der Waals surface area contributed by atoms with Gasteiger partial charge in [-0.3, -0.25) is 4.79 Å². The van der Waals surface area contributed by atoms with Crippen LogP contribution in [0.25, 0.3) is 6.08 Å². The number of cyclic esters (lactones) is 1. The molecule has 0 spiro atoms. The average Bonchev–Trinajstić information content (AvgIpc) is 3.07. The highest BCUT2D eigenvalue weighted by atomic mass is 16.6. The highest BCUT2D eigenvalue weighted by Crippen LogP contribution is 2.31. The van der Waals surface area contributed by atoms with Crippen molar-refractivity contribution in [1.82, 2.24) is 0 Å². The van der Waals surface area contributed by atoms with E-state index in [-0.39, 0.29) is 17.3 Å². The monoisotopic (exact) mass is 397 g/mol. The average molecular weight is 397 g/mol. The van der Waals surface area contributed by atoms with Gasteiger partial charge in [-0.15, -0.1) is 0 Å². The fraction of sp³-hybridized carbons (Fsp3) is 0.190. The summed E-state index contributed by atoms with van der Waals surface area (Å²) in [6.45, 7) is 1.29. The van der Waals surface area contributed by atoms with Gasteiger partial charge in [0.05, 0.1) is 21.3 Å². The SMILES string of the molecule is COc1ccc(C2=NC(=Cc3ccc(OC)c(OC(C)=O)c3)C(=O)O2)cc1OC. The molecule has 0 unspecified atom stereocenters. The van der Waals surface area contributed by atoms with Gasteiger partial charge >= 0.3 is 11.9 Å². The van der Waals surface area contributed by atoms with Gasteiger partial charge in [0.1, 0.15) is 0 Å². The second-order valence-corrected chi connectivity index (χ2v) is 5.91. The molecule has 1 aliphatic heterocycles. The number of rotatable bonds is 6. The summed E-state index contributed by atoms with van der Waals surface area (Å²) in [4.78, 5) is 27.8.